The van der Waals surface area contributed by atoms with E-state index < -0.39 is 25.4 Å². The summed E-state index contributed by atoms with van der Waals surface area (Å²) in [4.78, 5) is 24.0. The molecule has 0 saturated heterocycles. The van der Waals surface area contributed by atoms with E-state index in [0.717, 1.165) is 23.3 Å². The summed E-state index contributed by atoms with van der Waals surface area (Å²) in [6, 6.07) is 16.3. The van der Waals surface area contributed by atoms with E-state index in [1.54, 1.807) is 19.2 Å². The fourth-order valence-corrected chi connectivity index (χ4v) is 2.50. The first-order chi connectivity index (χ1) is 14.0. The maximum absolute atomic E-state index is 12.0. The van der Waals surface area contributed by atoms with Gasteiger partial charge in [0.25, 0.3) is 0 Å². The van der Waals surface area contributed by atoms with Crippen LogP contribution in [0.4, 0.5) is 0 Å². The van der Waals surface area contributed by atoms with Crippen molar-refractivity contribution in [2.24, 2.45) is 0 Å². The first kappa shape index (κ1) is 22.2. The van der Waals surface area contributed by atoms with Crippen molar-refractivity contribution in [3.63, 3.8) is 0 Å². The van der Waals surface area contributed by atoms with Gasteiger partial charge in [-0.1, -0.05) is 42.5 Å². The van der Waals surface area contributed by atoms with E-state index in [0.29, 0.717) is 5.75 Å². The van der Waals surface area contributed by atoms with Gasteiger partial charge in [0.2, 0.25) is 11.8 Å². The molecule has 0 saturated carbocycles. The summed E-state index contributed by atoms with van der Waals surface area (Å²) in [5.41, 5.74) is 1.68. The molecule has 2 rings (SSSR count). The molecule has 9 heteroatoms. The SMILES string of the molecule is COc1cccc(CNC(=O)/C=C/C(=O)N[C@@H](Cc2ccccc2)OB(O)O)c1. The third-order valence-corrected chi connectivity index (χ3v) is 3.84. The number of nitrogens with one attached hydrogen (secondary N) is 2. The van der Waals surface area contributed by atoms with Gasteiger partial charge in [0.15, 0.2) is 0 Å². The van der Waals surface area contributed by atoms with Gasteiger partial charge in [0.05, 0.1) is 7.11 Å². The van der Waals surface area contributed by atoms with E-state index in [4.69, 9.17) is 19.4 Å². The van der Waals surface area contributed by atoms with E-state index in [1.807, 2.05) is 42.5 Å². The van der Waals surface area contributed by atoms with Crippen molar-refractivity contribution < 1.29 is 29.0 Å². The molecule has 4 N–H and O–H groups in total. The molecule has 2 aromatic rings. The lowest BCUT2D eigenvalue weighted by atomic mass is 10.1. The molecule has 0 heterocycles. The molecule has 0 unspecified atom stereocenters. The van der Waals surface area contributed by atoms with E-state index >= 15 is 0 Å². The molecule has 152 valence electrons. The number of carbonyl (C=O) groups excluding carboxylic acids is 2. The molecule has 1 atom stereocenters. The molecular formula is C20H23BN2O6. The topological polar surface area (TPSA) is 117 Å². The van der Waals surface area contributed by atoms with Crippen LogP contribution in [0.5, 0.6) is 5.75 Å². The molecule has 0 fully saturated rings. The molecule has 8 nitrogen and oxygen atoms in total. The smallest absolute Gasteiger partial charge is 0.497 e. The second kappa shape index (κ2) is 11.7. The van der Waals surface area contributed by atoms with Gasteiger partial charge < -0.3 is 30.1 Å². The van der Waals surface area contributed by atoms with Crippen molar-refractivity contribution in [2.45, 2.75) is 19.2 Å². The highest BCUT2D eigenvalue weighted by Crippen LogP contribution is 2.12. The van der Waals surface area contributed by atoms with Crippen LogP contribution in [-0.4, -0.2) is 42.5 Å². The van der Waals surface area contributed by atoms with Gasteiger partial charge >= 0.3 is 7.32 Å². The number of carbonyl (C=O) groups is 2. The Morgan fingerprint density at radius 2 is 1.72 bits per heavy atom. The molecule has 2 amide bonds. The Labute approximate surface area is 169 Å². The normalized spacial score (nSPS) is 11.7. The van der Waals surface area contributed by atoms with Crippen molar-refractivity contribution in [1.82, 2.24) is 10.6 Å². The fourth-order valence-electron chi connectivity index (χ4n) is 2.50. The third kappa shape index (κ3) is 8.61. The Morgan fingerprint density at radius 3 is 2.41 bits per heavy atom. The Bertz CT molecular complexity index is 829. The highest BCUT2D eigenvalue weighted by molar-refractivity contribution is 6.32. The maximum atomic E-state index is 12.0. The number of rotatable bonds is 10. The minimum absolute atomic E-state index is 0.222. The Kier molecular flexibility index (Phi) is 8.90. The number of benzene rings is 2. The average molecular weight is 398 g/mol. The molecule has 0 aliphatic carbocycles. The molecule has 0 bridgehead atoms. The lowest BCUT2D eigenvalue weighted by Gasteiger charge is -2.18. The zero-order valence-electron chi connectivity index (χ0n) is 15.9. The monoisotopic (exact) mass is 398 g/mol. The zero-order chi connectivity index (χ0) is 21.1. The summed E-state index contributed by atoms with van der Waals surface area (Å²) in [5, 5.41) is 23.2. The summed E-state index contributed by atoms with van der Waals surface area (Å²) >= 11 is 0. The van der Waals surface area contributed by atoms with Crippen LogP contribution in [-0.2, 0) is 27.2 Å². The van der Waals surface area contributed by atoms with Crippen LogP contribution < -0.4 is 15.4 Å². The average Bonchev–Trinajstić information content (AvgIpc) is 2.71. The molecule has 0 aliphatic rings. The number of methoxy groups -OCH3 is 1. The third-order valence-electron chi connectivity index (χ3n) is 3.84. The molecule has 2 aromatic carbocycles. The fraction of sp³-hybridized carbons (Fsp3) is 0.200. The summed E-state index contributed by atoms with van der Waals surface area (Å²) < 4.78 is 10.0. The number of amides is 2. The van der Waals surface area contributed by atoms with Gasteiger partial charge in [-0.2, -0.15) is 0 Å². The predicted molar refractivity (Wildman–Crippen MR) is 107 cm³/mol. The van der Waals surface area contributed by atoms with Gasteiger partial charge in [-0.25, -0.2) is 0 Å². The number of ether oxygens (including phenoxy) is 1. The first-order valence-corrected chi connectivity index (χ1v) is 8.91. The van der Waals surface area contributed by atoms with Gasteiger partial charge in [0.1, 0.15) is 12.0 Å². The quantitative estimate of drug-likeness (QED) is 0.264. The van der Waals surface area contributed by atoms with E-state index in [-0.39, 0.29) is 13.0 Å². The standard InChI is InChI=1S/C20H23BN2O6/c1-28-17-9-5-8-16(12-17)14-22-18(24)10-11-19(25)23-20(29-21(26)27)13-15-6-3-2-4-7-15/h2-12,20,26-27H,13-14H2,1H3,(H,22,24)(H,23,25)/b11-10+/t20-/m1/s1. The van der Waals surface area contributed by atoms with Gasteiger partial charge in [0, 0.05) is 25.1 Å². The minimum atomic E-state index is -2.04. The number of hydrogen-bond donors (Lipinski definition) is 4. The molecular weight excluding hydrogens is 375 g/mol. The van der Waals surface area contributed by atoms with Crippen LogP contribution in [0.1, 0.15) is 11.1 Å². The molecule has 0 aromatic heterocycles. The number of hydrogen-bond acceptors (Lipinski definition) is 6. The highest BCUT2D eigenvalue weighted by Gasteiger charge is 2.19. The molecule has 0 radical (unpaired) electrons. The van der Waals surface area contributed by atoms with Gasteiger partial charge in [-0.3, -0.25) is 9.59 Å². The van der Waals surface area contributed by atoms with E-state index in [1.165, 1.54) is 0 Å². The highest BCUT2D eigenvalue weighted by atomic mass is 16.6. The van der Waals surface area contributed by atoms with Crippen LogP contribution in [0.2, 0.25) is 0 Å². The van der Waals surface area contributed by atoms with Crippen molar-refractivity contribution >= 4 is 19.1 Å². The Balaban J connectivity index is 1.85. The van der Waals surface area contributed by atoms with Crippen LogP contribution in [0.15, 0.2) is 66.7 Å². The van der Waals surface area contributed by atoms with Crippen molar-refractivity contribution in [1.29, 1.82) is 0 Å². The van der Waals surface area contributed by atoms with Crippen molar-refractivity contribution in [3.8, 4) is 5.75 Å². The summed E-state index contributed by atoms with van der Waals surface area (Å²) in [6.07, 6.45) is 1.38. The van der Waals surface area contributed by atoms with Crippen LogP contribution >= 0.6 is 0 Å². The second-order valence-corrected chi connectivity index (χ2v) is 6.05. The molecule has 29 heavy (non-hydrogen) atoms. The lowest BCUT2D eigenvalue weighted by molar-refractivity contribution is -0.120. The van der Waals surface area contributed by atoms with E-state index in [9.17, 15) is 9.59 Å². The van der Waals surface area contributed by atoms with Gasteiger partial charge in [-0.05, 0) is 23.3 Å². The van der Waals surface area contributed by atoms with Gasteiger partial charge in [-0.15, -0.1) is 0 Å². The van der Waals surface area contributed by atoms with Crippen LogP contribution in [0, 0.1) is 0 Å². The zero-order valence-corrected chi connectivity index (χ0v) is 15.9. The molecule has 0 spiro atoms. The Hall–Kier alpha value is -3.14. The van der Waals surface area contributed by atoms with Crippen molar-refractivity contribution in [2.75, 3.05) is 7.11 Å². The first-order valence-electron chi connectivity index (χ1n) is 8.91. The van der Waals surface area contributed by atoms with Crippen LogP contribution in [0.25, 0.3) is 0 Å². The van der Waals surface area contributed by atoms with Crippen molar-refractivity contribution in [3.05, 3.63) is 77.9 Å². The lowest BCUT2D eigenvalue weighted by Crippen LogP contribution is -2.41. The van der Waals surface area contributed by atoms with E-state index in [2.05, 4.69) is 10.6 Å². The summed E-state index contributed by atoms with van der Waals surface area (Å²) in [6.45, 7) is 0.276. The summed E-state index contributed by atoms with van der Waals surface area (Å²) in [5.74, 6) is -0.379. The molecule has 0 aliphatic heterocycles. The summed E-state index contributed by atoms with van der Waals surface area (Å²) in [7, 11) is -0.483. The Morgan fingerprint density at radius 1 is 1.03 bits per heavy atom. The second-order valence-electron chi connectivity index (χ2n) is 6.05. The predicted octanol–water partition coefficient (Wildman–Crippen LogP) is 0.539. The maximum Gasteiger partial charge on any atom is 0.635 e. The minimum Gasteiger partial charge on any atom is -0.497 e. The largest absolute Gasteiger partial charge is 0.635 e. The van der Waals surface area contributed by atoms with Crippen LogP contribution in [0.3, 0.4) is 0 Å².